The zero-order valence-corrected chi connectivity index (χ0v) is 18.8. The topological polar surface area (TPSA) is 65.5 Å². The molecule has 1 saturated carbocycles. The van der Waals surface area contributed by atoms with E-state index in [1.807, 2.05) is 13.8 Å². The number of nitrogens with one attached hydrogen (secondary N) is 1. The highest BCUT2D eigenvalue weighted by Gasteiger charge is 2.49. The van der Waals surface area contributed by atoms with E-state index in [4.69, 9.17) is 0 Å². The number of carbonyl (C=O) groups excluding carboxylic acids is 1. The van der Waals surface area contributed by atoms with Crippen molar-refractivity contribution in [3.05, 3.63) is 29.1 Å². The second-order valence-electron chi connectivity index (χ2n) is 9.67. The number of aliphatic hydroxyl groups is 1. The van der Waals surface area contributed by atoms with Gasteiger partial charge in [0.15, 0.2) is 0 Å². The van der Waals surface area contributed by atoms with E-state index >= 15 is 0 Å². The average Bonchev–Trinajstić information content (AvgIpc) is 3.16. The van der Waals surface area contributed by atoms with Crippen LogP contribution in [0.5, 0.6) is 0 Å². The van der Waals surface area contributed by atoms with Gasteiger partial charge in [0.2, 0.25) is 5.91 Å². The van der Waals surface area contributed by atoms with Crippen molar-refractivity contribution in [3.63, 3.8) is 0 Å². The molecule has 0 aromatic carbocycles. The molecule has 1 fully saturated rings. The number of rotatable bonds is 6. The van der Waals surface area contributed by atoms with Crippen LogP contribution in [-0.2, 0) is 23.9 Å². The molecule has 5 nitrogen and oxygen atoms in total. The first-order chi connectivity index (χ1) is 14.5. The average molecular weight is 442 g/mol. The number of hydrogen-bond donors (Lipinski definition) is 2. The molecule has 1 aliphatic heterocycles. The molecule has 1 aromatic rings. The molecule has 3 rings (SSSR count). The Kier molecular flexibility index (Phi) is 7.01. The third-order valence-electron chi connectivity index (χ3n) is 7.37. The zero-order chi connectivity index (χ0) is 23.0. The summed E-state index contributed by atoms with van der Waals surface area (Å²) in [5, 5.41) is 13.0. The Morgan fingerprint density at radius 1 is 1.35 bits per heavy atom. The van der Waals surface area contributed by atoms with Crippen molar-refractivity contribution in [2.75, 3.05) is 13.2 Å². The van der Waals surface area contributed by atoms with Crippen LogP contribution >= 0.6 is 0 Å². The van der Waals surface area contributed by atoms with Gasteiger partial charge in [-0.15, -0.1) is 0 Å². The molecular weight excluding hydrogens is 407 g/mol. The lowest BCUT2D eigenvalue weighted by Gasteiger charge is -2.39. The molecule has 2 heterocycles. The second-order valence-corrected chi connectivity index (χ2v) is 9.67. The highest BCUT2D eigenvalue weighted by Crippen LogP contribution is 2.46. The molecule has 174 valence electrons. The van der Waals surface area contributed by atoms with Gasteiger partial charge in [0.05, 0.1) is 11.0 Å². The lowest BCUT2D eigenvalue weighted by molar-refractivity contribution is -0.146. The van der Waals surface area contributed by atoms with E-state index in [-0.39, 0.29) is 43.0 Å². The quantitative estimate of drug-likeness (QED) is 0.705. The van der Waals surface area contributed by atoms with Crippen LogP contribution in [0.15, 0.2) is 12.3 Å². The third-order valence-corrected chi connectivity index (χ3v) is 7.37. The van der Waals surface area contributed by atoms with Gasteiger partial charge in [-0.1, -0.05) is 20.8 Å². The summed E-state index contributed by atoms with van der Waals surface area (Å²) in [6.07, 6.45) is -0.758. The van der Waals surface area contributed by atoms with E-state index in [1.54, 1.807) is 4.90 Å². The van der Waals surface area contributed by atoms with Crippen molar-refractivity contribution in [3.8, 4) is 0 Å². The fraction of sp³-hybridized carbons (Fsp3) is 0.739. The van der Waals surface area contributed by atoms with Crippen LogP contribution in [0.25, 0.3) is 0 Å². The van der Waals surface area contributed by atoms with Gasteiger partial charge in [-0.2, -0.15) is 13.2 Å². The monoisotopic (exact) mass is 441 g/mol. The van der Waals surface area contributed by atoms with Gasteiger partial charge in [0, 0.05) is 50.1 Å². The third kappa shape index (κ3) is 4.90. The lowest BCUT2D eigenvalue weighted by Crippen LogP contribution is -2.49. The van der Waals surface area contributed by atoms with E-state index in [0.717, 1.165) is 25.1 Å². The van der Waals surface area contributed by atoms with E-state index in [2.05, 4.69) is 24.1 Å². The maximum absolute atomic E-state index is 13.7. The number of aromatic nitrogens is 1. The minimum absolute atomic E-state index is 0.0396. The molecule has 2 unspecified atom stereocenters. The summed E-state index contributed by atoms with van der Waals surface area (Å²) in [5.41, 5.74) is -0.150. The minimum Gasteiger partial charge on any atom is -0.396 e. The number of pyridine rings is 1. The molecule has 8 heteroatoms. The van der Waals surface area contributed by atoms with Gasteiger partial charge < -0.3 is 15.3 Å². The largest absolute Gasteiger partial charge is 0.417 e. The van der Waals surface area contributed by atoms with E-state index in [0.29, 0.717) is 30.6 Å². The zero-order valence-electron chi connectivity index (χ0n) is 18.8. The van der Waals surface area contributed by atoms with Crippen molar-refractivity contribution >= 4 is 5.91 Å². The summed E-state index contributed by atoms with van der Waals surface area (Å²) < 4.78 is 39.3. The normalized spacial score (nSPS) is 26.1. The van der Waals surface area contributed by atoms with Crippen molar-refractivity contribution < 1.29 is 23.1 Å². The number of fused-ring (bicyclic) bond motifs is 1. The van der Waals surface area contributed by atoms with Crippen LogP contribution in [-0.4, -0.2) is 46.1 Å². The SMILES string of the molecule is CC(CO)C(C)N[C@@H]1CC[C@@](C(=O)N2CCc3ncc(C(F)(F)F)cc3C2)(C(C)C)C1. The van der Waals surface area contributed by atoms with Gasteiger partial charge in [-0.3, -0.25) is 9.78 Å². The van der Waals surface area contributed by atoms with E-state index < -0.39 is 17.2 Å². The van der Waals surface area contributed by atoms with Gasteiger partial charge in [0.25, 0.3) is 0 Å². The Bertz CT molecular complexity index is 799. The molecule has 31 heavy (non-hydrogen) atoms. The Morgan fingerprint density at radius 2 is 2.06 bits per heavy atom. The summed E-state index contributed by atoms with van der Waals surface area (Å²) in [6, 6.07) is 1.47. The predicted molar refractivity (Wildman–Crippen MR) is 112 cm³/mol. The highest BCUT2D eigenvalue weighted by atomic mass is 19.4. The summed E-state index contributed by atoms with van der Waals surface area (Å²) in [5.74, 6) is 0.287. The first-order valence-corrected chi connectivity index (χ1v) is 11.2. The lowest BCUT2D eigenvalue weighted by atomic mass is 9.74. The summed E-state index contributed by atoms with van der Waals surface area (Å²) in [7, 11) is 0. The number of aliphatic hydroxyl groups excluding tert-OH is 1. The minimum atomic E-state index is -4.44. The number of halogens is 3. The van der Waals surface area contributed by atoms with Crippen LogP contribution < -0.4 is 5.32 Å². The van der Waals surface area contributed by atoms with Crippen LogP contribution in [0.3, 0.4) is 0 Å². The van der Waals surface area contributed by atoms with Gasteiger partial charge in [-0.05, 0) is 49.7 Å². The number of hydrogen-bond acceptors (Lipinski definition) is 4. The maximum atomic E-state index is 13.7. The van der Waals surface area contributed by atoms with E-state index in [1.165, 1.54) is 0 Å². The van der Waals surface area contributed by atoms with Crippen molar-refractivity contribution in [1.82, 2.24) is 15.2 Å². The first kappa shape index (κ1) is 24.0. The van der Waals surface area contributed by atoms with Crippen LogP contribution in [0, 0.1) is 17.3 Å². The molecule has 4 atom stereocenters. The number of nitrogens with zero attached hydrogens (tertiary/aromatic N) is 2. The van der Waals surface area contributed by atoms with Crippen LogP contribution in [0.2, 0.25) is 0 Å². The molecule has 0 spiro atoms. The molecule has 1 aromatic heterocycles. The Balaban J connectivity index is 1.76. The fourth-order valence-corrected chi connectivity index (χ4v) is 4.95. The Morgan fingerprint density at radius 3 is 2.68 bits per heavy atom. The summed E-state index contributed by atoms with van der Waals surface area (Å²) in [6.45, 7) is 8.91. The second kappa shape index (κ2) is 9.06. The summed E-state index contributed by atoms with van der Waals surface area (Å²) in [4.78, 5) is 19.4. The number of amides is 1. The van der Waals surface area contributed by atoms with Gasteiger partial charge in [-0.25, -0.2) is 0 Å². The smallest absolute Gasteiger partial charge is 0.396 e. The Hall–Kier alpha value is -1.67. The molecular formula is C23H34F3N3O2. The predicted octanol–water partition coefficient (Wildman–Crippen LogP) is 3.79. The number of carbonyl (C=O) groups is 1. The maximum Gasteiger partial charge on any atom is 0.417 e. The Labute approximate surface area is 182 Å². The number of alkyl halides is 3. The summed E-state index contributed by atoms with van der Waals surface area (Å²) >= 11 is 0. The molecule has 1 amide bonds. The molecule has 0 bridgehead atoms. The van der Waals surface area contributed by atoms with Gasteiger partial charge >= 0.3 is 6.18 Å². The standard InChI is InChI=1S/C23H34F3N3O2/c1-14(2)22(7-5-19(10-22)28-16(4)15(3)13-30)21(31)29-8-6-20-17(12-29)9-18(11-27-20)23(24,25)26/h9,11,14-16,19,28,30H,5-8,10,12-13H2,1-4H3/t15?,16?,19-,22+/m1/s1. The molecule has 0 saturated heterocycles. The molecule has 0 radical (unpaired) electrons. The molecule has 1 aliphatic carbocycles. The highest BCUT2D eigenvalue weighted by molar-refractivity contribution is 5.83. The van der Waals surface area contributed by atoms with Gasteiger partial charge in [0.1, 0.15) is 0 Å². The van der Waals surface area contributed by atoms with Crippen LogP contribution in [0.1, 0.15) is 63.8 Å². The van der Waals surface area contributed by atoms with Crippen LogP contribution in [0.4, 0.5) is 13.2 Å². The fourth-order valence-electron chi connectivity index (χ4n) is 4.95. The molecule has 2 N–H and O–H groups in total. The van der Waals surface area contributed by atoms with E-state index in [9.17, 15) is 23.1 Å². The van der Waals surface area contributed by atoms with Crippen molar-refractivity contribution in [2.24, 2.45) is 17.3 Å². The van der Waals surface area contributed by atoms with Crippen molar-refractivity contribution in [1.29, 1.82) is 0 Å². The molecule has 2 aliphatic rings. The first-order valence-electron chi connectivity index (χ1n) is 11.2. The van der Waals surface area contributed by atoms with Crippen molar-refractivity contribution in [2.45, 2.75) is 78.2 Å².